The van der Waals surface area contributed by atoms with Crippen LogP contribution < -0.4 is 4.72 Å². The molecule has 8 heteroatoms. The van der Waals surface area contributed by atoms with Crippen LogP contribution in [0.3, 0.4) is 0 Å². The zero-order valence-electron chi connectivity index (χ0n) is 12.1. The first kappa shape index (κ1) is 15.0. The van der Waals surface area contributed by atoms with E-state index in [1.54, 1.807) is 13.0 Å². The van der Waals surface area contributed by atoms with E-state index in [1.807, 2.05) is 0 Å². The quantitative estimate of drug-likeness (QED) is 0.811. The third-order valence-electron chi connectivity index (χ3n) is 3.78. The molecule has 21 heavy (non-hydrogen) atoms. The standard InChI is InChI=1S/C13H21N3O4S/c1-10-6-11(15-20-10)9-21(17,18)14-7-13-8-16(4-5-19-13)12-2-3-12/h6,12-14H,2-5,7-9H2,1H3. The summed E-state index contributed by atoms with van der Waals surface area (Å²) in [6, 6.07) is 2.32. The van der Waals surface area contributed by atoms with Gasteiger partial charge < -0.3 is 9.26 Å². The molecule has 0 spiro atoms. The lowest BCUT2D eigenvalue weighted by Crippen LogP contribution is -2.48. The van der Waals surface area contributed by atoms with Crippen LogP contribution in [0.1, 0.15) is 24.3 Å². The molecule has 0 amide bonds. The van der Waals surface area contributed by atoms with Crippen molar-refractivity contribution < 1.29 is 17.7 Å². The number of nitrogens with one attached hydrogen (secondary N) is 1. The maximum Gasteiger partial charge on any atom is 0.217 e. The normalized spacial score (nSPS) is 24.3. The molecule has 1 aromatic heterocycles. The van der Waals surface area contributed by atoms with Gasteiger partial charge in [-0.3, -0.25) is 4.90 Å². The Labute approximate surface area is 124 Å². The molecule has 7 nitrogen and oxygen atoms in total. The van der Waals surface area contributed by atoms with Crippen molar-refractivity contribution in [1.82, 2.24) is 14.8 Å². The summed E-state index contributed by atoms with van der Waals surface area (Å²) in [4.78, 5) is 2.39. The number of hydrogen-bond acceptors (Lipinski definition) is 6. The van der Waals surface area contributed by atoms with Crippen molar-refractivity contribution in [2.45, 2.75) is 37.7 Å². The van der Waals surface area contributed by atoms with E-state index >= 15 is 0 Å². The van der Waals surface area contributed by atoms with Crippen LogP contribution in [0.5, 0.6) is 0 Å². The Kier molecular flexibility index (Phi) is 4.30. The van der Waals surface area contributed by atoms with Crippen LogP contribution in [-0.4, -0.2) is 56.9 Å². The molecule has 1 N–H and O–H groups in total. The number of rotatable bonds is 6. The molecule has 2 fully saturated rings. The molecule has 3 rings (SSSR count). The molecule has 0 aromatic carbocycles. The molecular formula is C13H21N3O4S. The SMILES string of the molecule is Cc1cc(CS(=O)(=O)NCC2CN(C3CC3)CCO2)no1. The van der Waals surface area contributed by atoms with E-state index in [9.17, 15) is 8.42 Å². The fourth-order valence-electron chi connectivity index (χ4n) is 2.59. The Bertz CT molecular complexity index is 582. The number of ether oxygens (including phenoxy) is 1. The van der Waals surface area contributed by atoms with Crippen LogP contribution >= 0.6 is 0 Å². The van der Waals surface area contributed by atoms with Gasteiger partial charge in [-0.15, -0.1) is 0 Å². The number of hydrogen-bond donors (Lipinski definition) is 1. The first-order valence-electron chi connectivity index (χ1n) is 7.27. The number of sulfonamides is 1. The third-order valence-corrected chi connectivity index (χ3v) is 5.06. The van der Waals surface area contributed by atoms with Gasteiger partial charge in [0.15, 0.2) is 0 Å². The lowest BCUT2D eigenvalue weighted by atomic mass is 10.2. The summed E-state index contributed by atoms with van der Waals surface area (Å²) >= 11 is 0. The van der Waals surface area contributed by atoms with Gasteiger partial charge >= 0.3 is 0 Å². The van der Waals surface area contributed by atoms with Gasteiger partial charge in [-0.05, 0) is 19.8 Å². The zero-order valence-corrected chi connectivity index (χ0v) is 12.9. The van der Waals surface area contributed by atoms with E-state index < -0.39 is 10.0 Å². The molecule has 0 radical (unpaired) electrons. The second-order valence-corrected chi connectivity index (χ2v) is 7.56. The second-order valence-electron chi connectivity index (χ2n) is 5.76. The predicted octanol–water partition coefficient (Wildman–Crippen LogP) is 0.266. The summed E-state index contributed by atoms with van der Waals surface area (Å²) < 4.78 is 37.2. The first-order chi connectivity index (χ1) is 10.0. The Morgan fingerprint density at radius 2 is 2.29 bits per heavy atom. The van der Waals surface area contributed by atoms with Crippen LogP contribution in [-0.2, 0) is 20.5 Å². The van der Waals surface area contributed by atoms with Crippen molar-refractivity contribution in [3.63, 3.8) is 0 Å². The van der Waals surface area contributed by atoms with E-state index in [0.717, 1.165) is 13.1 Å². The average Bonchev–Trinajstić information content (AvgIpc) is 3.21. The highest BCUT2D eigenvalue weighted by Crippen LogP contribution is 2.28. The van der Waals surface area contributed by atoms with Gasteiger partial charge in [0.05, 0.1) is 12.7 Å². The van der Waals surface area contributed by atoms with Crippen molar-refractivity contribution in [3.8, 4) is 0 Å². The van der Waals surface area contributed by atoms with E-state index in [1.165, 1.54) is 12.8 Å². The summed E-state index contributed by atoms with van der Waals surface area (Å²) in [6.07, 6.45) is 2.43. The molecule has 2 heterocycles. The van der Waals surface area contributed by atoms with Gasteiger partial charge in [0, 0.05) is 31.7 Å². The third kappa shape index (κ3) is 4.26. The van der Waals surface area contributed by atoms with Gasteiger partial charge in [0.25, 0.3) is 0 Å². The summed E-state index contributed by atoms with van der Waals surface area (Å²) in [6.45, 7) is 4.47. The van der Waals surface area contributed by atoms with Gasteiger partial charge in [-0.25, -0.2) is 13.1 Å². The molecule has 1 aliphatic heterocycles. The van der Waals surface area contributed by atoms with Crippen molar-refractivity contribution in [1.29, 1.82) is 0 Å². The Morgan fingerprint density at radius 1 is 1.48 bits per heavy atom. The Morgan fingerprint density at radius 3 is 2.95 bits per heavy atom. The largest absolute Gasteiger partial charge is 0.374 e. The van der Waals surface area contributed by atoms with Crippen molar-refractivity contribution in [2.24, 2.45) is 0 Å². The highest BCUT2D eigenvalue weighted by Gasteiger charge is 2.33. The van der Waals surface area contributed by atoms with Crippen LogP contribution in [0.25, 0.3) is 0 Å². The Balaban J connectivity index is 1.49. The minimum atomic E-state index is -3.41. The molecular weight excluding hydrogens is 294 g/mol. The molecule has 1 saturated carbocycles. The summed E-state index contributed by atoms with van der Waals surface area (Å²) in [5.74, 6) is 0.444. The number of nitrogens with zero attached hydrogens (tertiary/aromatic N) is 2. The molecule has 2 aliphatic rings. The molecule has 1 unspecified atom stereocenters. The van der Waals surface area contributed by atoms with Crippen molar-refractivity contribution in [2.75, 3.05) is 26.2 Å². The minimum absolute atomic E-state index is 0.0758. The first-order valence-corrected chi connectivity index (χ1v) is 8.92. The topological polar surface area (TPSA) is 84.7 Å². The number of aryl methyl sites for hydroxylation is 1. The molecule has 1 atom stereocenters. The van der Waals surface area contributed by atoms with Gasteiger partial charge in [-0.2, -0.15) is 0 Å². The van der Waals surface area contributed by atoms with E-state index in [2.05, 4.69) is 14.8 Å². The highest BCUT2D eigenvalue weighted by atomic mass is 32.2. The van der Waals surface area contributed by atoms with Crippen LogP contribution in [0.2, 0.25) is 0 Å². The number of morpholine rings is 1. The molecule has 1 aromatic rings. The lowest BCUT2D eigenvalue weighted by molar-refractivity contribution is -0.0277. The second kappa shape index (κ2) is 6.04. The highest BCUT2D eigenvalue weighted by molar-refractivity contribution is 7.88. The van der Waals surface area contributed by atoms with E-state index in [4.69, 9.17) is 9.26 Å². The maximum absolute atomic E-state index is 12.0. The van der Waals surface area contributed by atoms with Crippen molar-refractivity contribution in [3.05, 3.63) is 17.5 Å². The van der Waals surface area contributed by atoms with Gasteiger partial charge in [-0.1, -0.05) is 5.16 Å². The summed E-state index contributed by atoms with van der Waals surface area (Å²) in [7, 11) is -3.41. The fraction of sp³-hybridized carbons (Fsp3) is 0.769. The smallest absolute Gasteiger partial charge is 0.217 e. The predicted molar refractivity (Wildman–Crippen MR) is 76.2 cm³/mol. The minimum Gasteiger partial charge on any atom is -0.374 e. The average molecular weight is 315 g/mol. The maximum atomic E-state index is 12.0. The lowest BCUT2D eigenvalue weighted by Gasteiger charge is -2.32. The molecule has 1 saturated heterocycles. The van der Waals surface area contributed by atoms with Gasteiger partial charge in [0.1, 0.15) is 17.2 Å². The molecule has 0 bridgehead atoms. The van der Waals surface area contributed by atoms with Crippen LogP contribution in [0, 0.1) is 6.92 Å². The summed E-state index contributed by atoms with van der Waals surface area (Å²) in [5.41, 5.74) is 0.421. The summed E-state index contributed by atoms with van der Waals surface area (Å²) in [5, 5.41) is 3.71. The van der Waals surface area contributed by atoms with Crippen LogP contribution in [0.4, 0.5) is 0 Å². The monoisotopic (exact) mass is 315 g/mol. The fourth-order valence-corrected chi connectivity index (χ4v) is 3.66. The van der Waals surface area contributed by atoms with E-state index in [0.29, 0.717) is 30.6 Å². The Hall–Kier alpha value is -0.960. The van der Waals surface area contributed by atoms with Gasteiger partial charge in [0.2, 0.25) is 10.0 Å². The molecule has 1 aliphatic carbocycles. The number of aromatic nitrogens is 1. The van der Waals surface area contributed by atoms with Crippen molar-refractivity contribution >= 4 is 10.0 Å². The van der Waals surface area contributed by atoms with Crippen LogP contribution in [0.15, 0.2) is 10.6 Å². The van der Waals surface area contributed by atoms with E-state index in [-0.39, 0.29) is 11.9 Å². The molecule has 118 valence electrons. The zero-order chi connectivity index (χ0) is 14.9.